The van der Waals surface area contributed by atoms with E-state index in [1.54, 1.807) is 25.1 Å². The zero-order valence-electron chi connectivity index (χ0n) is 12.0. The molecule has 0 aliphatic carbocycles. The van der Waals surface area contributed by atoms with Gasteiger partial charge in [0.25, 0.3) is 0 Å². The van der Waals surface area contributed by atoms with Crippen LogP contribution in [0.1, 0.15) is 28.6 Å². The molecule has 0 atom stereocenters. The number of amides is 1. The van der Waals surface area contributed by atoms with Gasteiger partial charge in [-0.15, -0.1) is 0 Å². The van der Waals surface area contributed by atoms with Crippen molar-refractivity contribution in [3.05, 3.63) is 53.5 Å². The van der Waals surface area contributed by atoms with Crippen molar-refractivity contribution in [3.63, 3.8) is 0 Å². The smallest absolute Gasteiger partial charge is 0.387 e. The summed E-state index contributed by atoms with van der Waals surface area (Å²) >= 11 is 0. The number of carbonyl (C=O) groups excluding carboxylic acids is 1. The van der Waals surface area contributed by atoms with Crippen molar-refractivity contribution < 1.29 is 22.7 Å². The van der Waals surface area contributed by atoms with Crippen molar-refractivity contribution in [2.45, 2.75) is 20.5 Å². The Kier molecular flexibility index (Phi) is 4.88. The molecule has 7 heteroatoms. The molecule has 2 aromatic rings. The van der Waals surface area contributed by atoms with Gasteiger partial charge in [0.1, 0.15) is 5.75 Å². The first-order valence-corrected chi connectivity index (χ1v) is 6.41. The monoisotopic (exact) mass is 308 g/mol. The zero-order valence-corrected chi connectivity index (χ0v) is 12.0. The lowest BCUT2D eigenvalue weighted by atomic mass is 10.1. The van der Waals surface area contributed by atoms with Crippen LogP contribution >= 0.6 is 0 Å². The molecule has 0 spiro atoms. The molecule has 0 unspecified atom stereocenters. The summed E-state index contributed by atoms with van der Waals surface area (Å²) in [4.78, 5) is 11.7. The van der Waals surface area contributed by atoms with Gasteiger partial charge in [-0.25, -0.2) is 5.43 Å². The molecule has 22 heavy (non-hydrogen) atoms. The number of ether oxygens (including phenoxy) is 1. The second kappa shape index (κ2) is 6.84. The van der Waals surface area contributed by atoms with Gasteiger partial charge in [0, 0.05) is 5.56 Å². The first-order chi connectivity index (χ1) is 10.5. The fourth-order valence-corrected chi connectivity index (χ4v) is 1.78. The van der Waals surface area contributed by atoms with Crippen LogP contribution in [-0.4, -0.2) is 18.2 Å². The summed E-state index contributed by atoms with van der Waals surface area (Å²) in [5.74, 6) is -0.438. The van der Waals surface area contributed by atoms with E-state index >= 15 is 0 Å². The third-order valence-electron chi connectivity index (χ3n) is 2.81. The summed E-state index contributed by atoms with van der Waals surface area (Å²) in [5, 5.41) is 3.89. The van der Waals surface area contributed by atoms with E-state index in [4.69, 9.17) is 4.42 Å². The molecule has 0 radical (unpaired) electrons. The van der Waals surface area contributed by atoms with E-state index in [1.807, 2.05) is 6.92 Å². The predicted octanol–water partition coefficient (Wildman–Crippen LogP) is 3.34. The predicted molar refractivity (Wildman–Crippen MR) is 76.2 cm³/mol. The van der Waals surface area contributed by atoms with Crippen LogP contribution in [0.15, 0.2) is 46.1 Å². The van der Waals surface area contributed by atoms with E-state index in [1.165, 1.54) is 18.4 Å². The lowest BCUT2D eigenvalue weighted by molar-refractivity contribution is -0.0499. The molecule has 1 N–H and O–H groups in total. The third-order valence-corrected chi connectivity index (χ3v) is 2.81. The number of nitrogens with zero attached hydrogens (tertiary/aromatic N) is 1. The molecule has 0 bridgehead atoms. The minimum absolute atomic E-state index is 0.00547. The summed E-state index contributed by atoms with van der Waals surface area (Å²) in [6.07, 6.45) is 1.36. The first kappa shape index (κ1) is 15.7. The minimum Gasteiger partial charge on any atom is -0.459 e. The maximum absolute atomic E-state index is 12.4. The number of furan rings is 1. The first-order valence-electron chi connectivity index (χ1n) is 6.41. The minimum atomic E-state index is -2.94. The van der Waals surface area contributed by atoms with Crippen molar-refractivity contribution >= 4 is 11.6 Å². The highest BCUT2D eigenvalue weighted by Gasteiger charge is 2.13. The van der Waals surface area contributed by atoms with Crippen LogP contribution in [0.25, 0.3) is 0 Å². The van der Waals surface area contributed by atoms with Gasteiger partial charge in [-0.1, -0.05) is 11.6 Å². The van der Waals surface area contributed by atoms with Crippen LogP contribution in [-0.2, 0) is 0 Å². The summed E-state index contributed by atoms with van der Waals surface area (Å²) in [6, 6.07) is 7.79. The summed E-state index contributed by atoms with van der Waals surface area (Å²) in [7, 11) is 0. The zero-order chi connectivity index (χ0) is 16.1. The van der Waals surface area contributed by atoms with Gasteiger partial charge in [-0.2, -0.15) is 13.9 Å². The average molecular weight is 308 g/mol. The number of aryl methyl sites for hydroxylation is 1. The molecule has 0 saturated heterocycles. The Labute approximate surface area is 125 Å². The lowest BCUT2D eigenvalue weighted by Gasteiger charge is -2.11. The topological polar surface area (TPSA) is 63.8 Å². The Bertz CT molecular complexity index is 682. The second-order valence-electron chi connectivity index (χ2n) is 4.49. The van der Waals surface area contributed by atoms with Crippen molar-refractivity contribution in [2.75, 3.05) is 0 Å². The Balaban J connectivity index is 2.20. The Morgan fingerprint density at radius 1 is 1.36 bits per heavy atom. The number of hydrogen-bond acceptors (Lipinski definition) is 4. The fraction of sp³-hybridized carbons (Fsp3) is 0.200. The summed E-state index contributed by atoms with van der Waals surface area (Å²) in [5.41, 5.74) is 3.85. The molecule has 0 saturated carbocycles. The SMILES string of the molecule is C/C(=N/NC(=O)c1ccco1)c1cc(C)ccc1OC(F)F. The molecule has 1 aromatic heterocycles. The Hall–Kier alpha value is -2.70. The molecule has 0 fully saturated rings. The van der Waals surface area contributed by atoms with Crippen LogP contribution < -0.4 is 10.2 Å². The van der Waals surface area contributed by atoms with Gasteiger partial charge in [0.15, 0.2) is 5.76 Å². The highest BCUT2D eigenvalue weighted by Crippen LogP contribution is 2.22. The van der Waals surface area contributed by atoms with Gasteiger partial charge in [0.2, 0.25) is 0 Å². The molecule has 2 rings (SSSR count). The fourth-order valence-electron chi connectivity index (χ4n) is 1.78. The molecular formula is C15H14F2N2O3. The maximum Gasteiger partial charge on any atom is 0.387 e. The molecule has 1 heterocycles. The van der Waals surface area contributed by atoms with Crippen LogP contribution in [0, 0.1) is 6.92 Å². The number of alkyl halides is 2. The van der Waals surface area contributed by atoms with E-state index < -0.39 is 12.5 Å². The molecule has 0 aliphatic heterocycles. The lowest BCUT2D eigenvalue weighted by Crippen LogP contribution is -2.19. The normalized spacial score (nSPS) is 11.6. The van der Waals surface area contributed by atoms with E-state index in [9.17, 15) is 13.6 Å². The average Bonchev–Trinajstić information content (AvgIpc) is 3.00. The number of halogens is 2. The van der Waals surface area contributed by atoms with E-state index in [-0.39, 0.29) is 11.5 Å². The standard InChI is InChI=1S/C15H14F2N2O3/c1-9-5-6-12(22-15(16)17)11(8-9)10(2)18-19-14(20)13-4-3-7-21-13/h3-8,15H,1-2H3,(H,19,20)/b18-10-. The molecule has 116 valence electrons. The number of nitrogens with one attached hydrogen (secondary N) is 1. The van der Waals surface area contributed by atoms with Crippen LogP contribution in [0.5, 0.6) is 5.75 Å². The van der Waals surface area contributed by atoms with Gasteiger partial charge in [-0.3, -0.25) is 4.79 Å². The van der Waals surface area contributed by atoms with Crippen LogP contribution in [0.3, 0.4) is 0 Å². The quantitative estimate of drug-likeness (QED) is 0.680. The van der Waals surface area contributed by atoms with Gasteiger partial charge in [-0.05, 0) is 38.1 Å². The van der Waals surface area contributed by atoms with E-state index in [0.29, 0.717) is 11.3 Å². The van der Waals surface area contributed by atoms with Crippen LogP contribution in [0.4, 0.5) is 8.78 Å². The Morgan fingerprint density at radius 2 is 2.14 bits per heavy atom. The second-order valence-corrected chi connectivity index (χ2v) is 4.49. The summed E-state index contributed by atoms with van der Waals surface area (Å²) in [6.45, 7) is 0.451. The molecule has 1 amide bonds. The number of carbonyl (C=O) groups is 1. The highest BCUT2D eigenvalue weighted by molar-refractivity contribution is 6.02. The third kappa shape index (κ3) is 3.91. The molecule has 5 nitrogen and oxygen atoms in total. The van der Waals surface area contributed by atoms with Gasteiger partial charge in [0.05, 0.1) is 12.0 Å². The van der Waals surface area contributed by atoms with Gasteiger partial charge >= 0.3 is 12.5 Å². The maximum atomic E-state index is 12.4. The number of hydrogen-bond donors (Lipinski definition) is 1. The number of benzene rings is 1. The molecule has 0 aliphatic rings. The molecular weight excluding hydrogens is 294 g/mol. The van der Waals surface area contributed by atoms with Crippen molar-refractivity contribution in [3.8, 4) is 5.75 Å². The van der Waals surface area contributed by atoms with Gasteiger partial charge < -0.3 is 9.15 Å². The number of rotatable bonds is 5. The number of hydrazone groups is 1. The van der Waals surface area contributed by atoms with E-state index in [0.717, 1.165) is 5.56 Å². The van der Waals surface area contributed by atoms with Crippen molar-refractivity contribution in [1.82, 2.24) is 5.43 Å². The largest absolute Gasteiger partial charge is 0.459 e. The highest BCUT2D eigenvalue weighted by atomic mass is 19.3. The van der Waals surface area contributed by atoms with E-state index in [2.05, 4.69) is 15.3 Å². The molecule has 1 aromatic carbocycles. The van der Waals surface area contributed by atoms with Crippen molar-refractivity contribution in [1.29, 1.82) is 0 Å². The summed E-state index contributed by atoms with van der Waals surface area (Å²) < 4.78 is 34.2. The van der Waals surface area contributed by atoms with Crippen molar-refractivity contribution in [2.24, 2.45) is 5.10 Å². The Morgan fingerprint density at radius 3 is 2.77 bits per heavy atom. The van der Waals surface area contributed by atoms with Crippen LogP contribution in [0.2, 0.25) is 0 Å².